The van der Waals surface area contributed by atoms with E-state index in [4.69, 9.17) is 0 Å². The van der Waals surface area contributed by atoms with E-state index in [1.807, 2.05) is 30.5 Å². The number of aromatic nitrogens is 2. The Kier molecular flexibility index (Phi) is 3.91. The van der Waals surface area contributed by atoms with Crippen LogP contribution >= 0.6 is 0 Å². The number of likely N-dealkylation sites (tertiary alicyclic amines) is 1. The van der Waals surface area contributed by atoms with Gasteiger partial charge in [-0.1, -0.05) is 0 Å². The molecule has 5 nitrogen and oxygen atoms in total. The van der Waals surface area contributed by atoms with Crippen molar-refractivity contribution in [2.75, 3.05) is 6.54 Å². The van der Waals surface area contributed by atoms with Gasteiger partial charge in [-0.15, -0.1) is 0 Å². The molecule has 1 amide bonds. The minimum atomic E-state index is -0.842. The maximum absolute atomic E-state index is 12.6. The van der Waals surface area contributed by atoms with Gasteiger partial charge in [0.2, 0.25) is 5.91 Å². The van der Waals surface area contributed by atoms with E-state index in [2.05, 4.69) is 5.10 Å². The molecule has 0 aromatic carbocycles. The fourth-order valence-electron chi connectivity index (χ4n) is 3.13. The van der Waals surface area contributed by atoms with Crippen molar-refractivity contribution in [3.63, 3.8) is 0 Å². The van der Waals surface area contributed by atoms with Crippen molar-refractivity contribution in [2.45, 2.75) is 58.6 Å². The van der Waals surface area contributed by atoms with Crippen LogP contribution in [0.3, 0.4) is 0 Å². The van der Waals surface area contributed by atoms with Crippen LogP contribution in [0, 0.1) is 13.8 Å². The van der Waals surface area contributed by atoms with Gasteiger partial charge < -0.3 is 10.0 Å². The molecule has 1 saturated heterocycles. The first-order valence-corrected chi connectivity index (χ1v) is 7.22. The molecule has 1 aliphatic heterocycles. The van der Waals surface area contributed by atoms with Gasteiger partial charge in [0.15, 0.2) is 0 Å². The number of carbonyl (C=O) groups is 1. The Morgan fingerprint density at radius 1 is 1.45 bits per heavy atom. The first-order valence-electron chi connectivity index (χ1n) is 7.22. The number of carbonyl (C=O) groups excluding carboxylic acids is 1. The van der Waals surface area contributed by atoms with E-state index in [0.717, 1.165) is 36.3 Å². The molecule has 112 valence electrons. The zero-order valence-electron chi connectivity index (χ0n) is 13.1. The Labute approximate surface area is 120 Å². The van der Waals surface area contributed by atoms with Gasteiger partial charge in [-0.05, 0) is 40.5 Å². The summed E-state index contributed by atoms with van der Waals surface area (Å²) in [4.78, 5) is 14.4. The standard InChI is InChI=1S/C15H25N3O2/c1-10-12(11(2)17(5)16-10)9-14(19)18-8-6-7-13(18)15(3,4)20/h13,20H,6-9H2,1-5H3. The molecule has 1 fully saturated rings. The van der Waals surface area contributed by atoms with E-state index < -0.39 is 5.60 Å². The lowest BCUT2D eigenvalue weighted by atomic mass is 9.96. The maximum Gasteiger partial charge on any atom is 0.227 e. The molecule has 5 heteroatoms. The Hall–Kier alpha value is -1.36. The number of rotatable bonds is 3. The van der Waals surface area contributed by atoms with Crippen molar-refractivity contribution in [1.82, 2.24) is 14.7 Å². The first kappa shape index (κ1) is 15.0. The second-order valence-electron chi connectivity index (χ2n) is 6.35. The molecule has 0 spiro atoms. The van der Waals surface area contributed by atoms with E-state index in [-0.39, 0.29) is 11.9 Å². The molecule has 1 unspecified atom stereocenters. The van der Waals surface area contributed by atoms with Crippen LogP contribution in [-0.4, -0.2) is 43.9 Å². The second kappa shape index (κ2) is 5.20. The third-order valence-corrected chi connectivity index (χ3v) is 4.38. The van der Waals surface area contributed by atoms with Gasteiger partial charge in [-0.25, -0.2) is 0 Å². The summed E-state index contributed by atoms with van der Waals surface area (Å²) in [6, 6.07) is -0.0766. The van der Waals surface area contributed by atoms with Crippen LogP contribution in [0.5, 0.6) is 0 Å². The summed E-state index contributed by atoms with van der Waals surface area (Å²) < 4.78 is 1.81. The molecule has 1 aromatic rings. The predicted octanol–water partition coefficient (Wildman–Crippen LogP) is 1.34. The molecule has 0 bridgehead atoms. The van der Waals surface area contributed by atoms with E-state index in [0.29, 0.717) is 6.42 Å². The predicted molar refractivity (Wildman–Crippen MR) is 77.4 cm³/mol. The summed E-state index contributed by atoms with van der Waals surface area (Å²) >= 11 is 0. The number of hydrogen-bond donors (Lipinski definition) is 1. The average molecular weight is 279 g/mol. The highest BCUT2D eigenvalue weighted by atomic mass is 16.3. The van der Waals surface area contributed by atoms with E-state index in [1.165, 1.54) is 0 Å². The van der Waals surface area contributed by atoms with E-state index in [1.54, 1.807) is 13.8 Å². The minimum absolute atomic E-state index is 0.0766. The SMILES string of the molecule is Cc1nn(C)c(C)c1CC(=O)N1CCCC1C(C)(C)O. The van der Waals surface area contributed by atoms with Gasteiger partial charge >= 0.3 is 0 Å². The van der Waals surface area contributed by atoms with Gasteiger partial charge in [0.05, 0.1) is 23.8 Å². The fourth-order valence-corrected chi connectivity index (χ4v) is 3.13. The smallest absolute Gasteiger partial charge is 0.227 e. The molecule has 2 heterocycles. The topological polar surface area (TPSA) is 58.4 Å². The lowest BCUT2D eigenvalue weighted by Crippen LogP contribution is -2.48. The van der Waals surface area contributed by atoms with Crippen LogP contribution in [0.2, 0.25) is 0 Å². The fraction of sp³-hybridized carbons (Fsp3) is 0.733. The van der Waals surface area contributed by atoms with Crippen LogP contribution in [-0.2, 0) is 18.3 Å². The zero-order chi connectivity index (χ0) is 15.1. The largest absolute Gasteiger partial charge is 0.388 e. The van der Waals surface area contributed by atoms with E-state index >= 15 is 0 Å². The Morgan fingerprint density at radius 3 is 2.60 bits per heavy atom. The van der Waals surface area contributed by atoms with Gasteiger partial charge in [0.1, 0.15) is 0 Å². The highest BCUT2D eigenvalue weighted by Crippen LogP contribution is 2.27. The summed E-state index contributed by atoms with van der Waals surface area (Å²) in [7, 11) is 1.89. The zero-order valence-corrected chi connectivity index (χ0v) is 13.1. The summed E-state index contributed by atoms with van der Waals surface area (Å²) in [6.07, 6.45) is 2.21. The number of hydrogen-bond acceptors (Lipinski definition) is 3. The summed E-state index contributed by atoms with van der Waals surface area (Å²) in [6.45, 7) is 8.23. The first-order chi connectivity index (χ1) is 9.21. The van der Waals surface area contributed by atoms with Gasteiger partial charge in [0, 0.05) is 24.8 Å². The number of nitrogens with zero attached hydrogens (tertiary/aromatic N) is 3. The van der Waals surface area contributed by atoms with Crippen LogP contribution < -0.4 is 0 Å². The Bertz CT molecular complexity index is 514. The van der Waals surface area contributed by atoms with Crippen molar-refractivity contribution >= 4 is 5.91 Å². The second-order valence-corrected chi connectivity index (χ2v) is 6.35. The maximum atomic E-state index is 12.6. The molecule has 1 N–H and O–H groups in total. The quantitative estimate of drug-likeness (QED) is 0.908. The highest BCUT2D eigenvalue weighted by molar-refractivity contribution is 5.80. The lowest BCUT2D eigenvalue weighted by molar-refractivity contribution is -0.135. The molecule has 0 aliphatic carbocycles. The molecule has 1 aliphatic rings. The van der Waals surface area contributed by atoms with Crippen molar-refractivity contribution in [3.05, 3.63) is 17.0 Å². The monoisotopic (exact) mass is 279 g/mol. The molecule has 1 atom stereocenters. The van der Waals surface area contributed by atoms with Crippen LogP contribution in [0.15, 0.2) is 0 Å². The van der Waals surface area contributed by atoms with Gasteiger partial charge in [-0.3, -0.25) is 9.48 Å². The molecule has 2 rings (SSSR count). The van der Waals surface area contributed by atoms with Crippen molar-refractivity contribution in [2.24, 2.45) is 7.05 Å². The summed E-state index contributed by atoms with van der Waals surface area (Å²) in [5, 5.41) is 14.6. The van der Waals surface area contributed by atoms with E-state index in [9.17, 15) is 9.90 Å². The van der Waals surface area contributed by atoms with Crippen LogP contribution in [0.4, 0.5) is 0 Å². The van der Waals surface area contributed by atoms with Crippen LogP contribution in [0.1, 0.15) is 43.6 Å². The van der Waals surface area contributed by atoms with Crippen molar-refractivity contribution < 1.29 is 9.90 Å². The van der Waals surface area contributed by atoms with Crippen molar-refractivity contribution in [1.29, 1.82) is 0 Å². The Balaban J connectivity index is 2.16. The number of aliphatic hydroxyl groups is 1. The third kappa shape index (κ3) is 2.73. The minimum Gasteiger partial charge on any atom is -0.388 e. The number of aryl methyl sites for hydroxylation is 2. The van der Waals surface area contributed by atoms with Crippen LogP contribution in [0.25, 0.3) is 0 Å². The van der Waals surface area contributed by atoms with Gasteiger partial charge in [0.25, 0.3) is 0 Å². The molecule has 1 aromatic heterocycles. The van der Waals surface area contributed by atoms with Gasteiger partial charge in [-0.2, -0.15) is 5.10 Å². The highest BCUT2D eigenvalue weighted by Gasteiger charge is 2.38. The molecule has 0 radical (unpaired) electrons. The number of amides is 1. The molecular weight excluding hydrogens is 254 g/mol. The lowest BCUT2D eigenvalue weighted by Gasteiger charge is -2.34. The molecule has 20 heavy (non-hydrogen) atoms. The van der Waals surface area contributed by atoms with Crippen molar-refractivity contribution in [3.8, 4) is 0 Å². The molecular formula is C15H25N3O2. The average Bonchev–Trinajstić information content (AvgIpc) is 2.90. The normalized spacial score (nSPS) is 19.7. The molecule has 0 saturated carbocycles. The third-order valence-electron chi connectivity index (χ3n) is 4.38. The summed E-state index contributed by atoms with van der Waals surface area (Å²) in [5.41, 5.74) is 2.12. The summed E-state index contributed by atoms with van der Waals surface area (Å²) in [5.74, 6) is 0.0915. The Morgan fingerprint density at radius 2 is 2.10 bits per heavy atom.